The number of rotatable bonds is 7. The third-order valence-corrected chi connectivity index (χ3v) is 6.84. The Morgan fingerprint density at radius 3 is 2.75 bits per heavy atom. The van der Waals surface area contributed by atoms with Gasteiger partial charge in [0.2, 0.25) is 15.9 Å². The highest BCUT2D eigenvalue weighted by Crippen LogP contribution is 2.29. The number of hydrogen-bond acceptors (Lipinski definition) is 7. The fraction of sp³-hybridized carbons (Fsp3) is 0.529. The summed E-state index contributed by atoms with van der Waals surface area (Å²) in [6, 6.07) is 4.27. The van der Waals surface area contributed by atoms with Gasteiger partial charge in [-0.2, -0.15) is 4.31 Å². The van der Waals surface area contributed by atoms with Gasteiger partial charge >= 0.3 is 0 Å². The first kappa shape index (κ1) is 21.1. The van der Waals surface area contributed by atoms with Crippen LogP contribution in [0, 0.1) is 5.82 Å². The lowest BCUT2D eigenvalue weighted by Gasteiger charge is -2.29. The first-order valence-corrected chi connectivity index (χ1v) is 11.5. The maximum atomic E-state index is 13.5. The topological polar surface area (TPSA) is 83.1 Å². The maximum Gasteiger partial charge on any atom is 0.244 e. The van der Waals surface area contributed by atoms with Crippen LogP contribution < -0.4 is 4.90 Å². The summed E-state index contributed by atoms with van der Waals surface area (Å²) < 4.78 is 43.9. The molecule has 8 nitrogen and oxygen atoms in total. The third-order valence-electron chi connectivity index (χ3n) is 4.54. The Morgan fingerprint density at radius 1 is 1.36 bits per heavy atom. The van der Waals surface area contributed by atoms with Gasteiger partial charge < -0.3 is 4.74 Å². The van der Waals surface area contributed by atoms with Crippen molar-refractivity contribution in [2.75, 3.05) is 64.1 Å². The molecule has 2 aromatic rings. The minimum Gasteiger partial charge on any atom is -0.379 e. The van der Waals surface area contributed by atoms with Crippen molar-refractivity contribution in [3.05, 3.63) is 24.0 Å². The van der Waals surface area contributed by atoms with Gasteiger partial charge in [-0.05, 0) is 18.2 Å². The van der Waals surface area contributed by atoms with Gasteiger partial charge in [-0.1, -0.05) is 11.3 Å². The van der Waals surface area contributed by atoms with E-state index >= 15 is 0 Å². The molecule has 0 N–H and O–H groups in total. The second-order valence-corrected chi connectivity index (χ2v) is 9.73. The molecule has 2 heterocycles. The van der Waals surface area contributed by atoms with Crippen LogP contribution in [0.5, 0.6) is 0 Å². The second-order valence-electron chi connectivity index (χ2n) is 6.63. The number of morpholine rings is 1. The van der Waals surface area contributed by atoms with Crippen LogP contribution in [0.2, 0.25) is 0 Å². The van der Waals surface area contributed by atoms with E-state index in [9.17, 15) is 17.6 Å². The minimum atomic E-state index is -3.49. The molecule has 1 aliphatic rings. The molecule has 1 aromatic carbocycles. The van der Waals surface area contributed by atoms with Crippen molar-refractivity contribution >= 4 is 42.6 Å². The molecular weight excluding hydrogens is 407 g/mol. The highest BCUT2D eigenvalue weighted by atomic mass is 32.2. The van der Waals surface area contributed by atoms with Gasteiger partial charge in [0.05, 0.1) is 36.2 Å². The average molecular weight is 431 g/mol. The van der Waals surface area contributed by atoms with E-state index in [2.05, 4.69) is 9.88 Å². The van der Waals surface area contributed by atoms with Gasteiger partial charge in [-0.15, -0.1) is 0 Å². The molecule has 3 rings (SSSR count). The molecule has 1 amide bonds. The summed E-state index contributed by atoms with van der Waals surface area (Å²) in [6.45, 7) is 3.52. The third kappa shape index (κ3) is 5.23. The molecule has 28 heavy (non-hydrogen) atoms. The monoisotopic (exact) mass is 430 g/mol. The number of aromatic nitrogens is 1. The Labute approximate surface area is 167 Å². The largest absolute Gasteiger partial charge is 0.379 e. The van der Waals surface area contributed by atoms with E-state index in [1.807, 2.05) is 0 Å². The molecule has 0 radical (unpaired) electrons. The van der Waals surface area contributed by atoms with Gasteiger partial charge in [0, 0.05) is 33.2 Å². The summed E-state index contributed by atoms with van der Waals surface area (Å²) in [5.74, 6) is -0.744. The fourth-order valence-electron chi connectivity index (χ4n) is 2.79. The van der Waals surface area contributed by atoms with E-state index in [1.165, 1.54) is 35.4 Å². The molecular formula is C17H23FN4O4S2. The number of anilines is 1. The Hall–Kier alpha value is -1.66. The van der Waals surface area contributed by atoms with E-state index in [4.69, 9.17) is 4.74 Å². The summed E-state index contributed by atoms with van der Waals surface area (Å²) in [4.78, 5) is 21.0. The molecule has 11 heteroatoms. The summed E-state index contributed by atoms with van der Waals surface area (Å²) in [5, 5.41) is 0.431. The molecule has 0 atom stereocenters. The summed E-state index contributed by atoms with van der Waals surface area (Å²) in [7, 11) is -2.12. The van der Waals surface area contributed by atoms with Crippen LogP contribution in [-0.4, -0.2) is 87.8 Å². The van der Waals surface area contributed by atoms with Gasteiger partial charge in [-0.25, -0.2) is 17.8 Å². The molecule has 1 aliphatic heterocycles. The van der Waals surface area contributed by atoms with Crippen molar-refractivity contribution in [1.82, 2.24) is 14.2 Å². The van der Waals surface area contributed by atoms with E-state index in [0.29, 0.717) is 41.7 Å². The average Bonchev–Trinajstić information content (AvgIpc) is 3.04. The van der Waals surface area contributed by atoms with Crippen molar-refractivity contribution in [2.45, 2.75) is 0 Å². The zero-order chi connectivity index (χ0) is 20.3. The lowest BCUT2D eigenvalue weighted by molar-refractivity contribution is -0.118. The van der Waals surface area contributed by atoms with Gasteiger partial charge in [-0.3, -0.25) is 14.6 Å². The Balaban J connectivity index is 1.82. The number of halogens is 1. The number of fused-ring (bicyclic) bond motifs is 1. The quantitative estimate of drug-likeness (QED) is 0.652. The Morgan fingerprint density at radius 2 is 2.07 bits per heavy atom. The Kier molecular flexibility index (Phi) is 6.61. The summed E-state index contributed by atoms with van der Waals surface area (Å²) in [5.41, 5.74) is 0.599. The SMILES string of the molecule is CN(CC(=O)N(CCN1CCOCC1)c1nc2ccc(F)cc2s1)S(C)(=O)=O. The number of sulfonamides is 1. The molecule has 0 aliphatic carbocycles. The predicted molar refractivity (Wildman–Crippen MR) is 107 cm³/mol. The van der Waals surface area contributed by atoms with Crippen molar-refractivity contribution in [2.24, 2.45) is 0 Å². The van der Waals surface area contributed by atoms with E-state index < -0.39 is 10.0 Å². The lowest BCUT2D eigenvalue weighted by atomic mass is 10.3. The molecule has 0 unspecified atom stereocenters. The standard InChI is InChI=1S/C17H23FN4O4S2/c1-20(28(2,24)25)12-16(23)22(6-5-21-7-9-26-10-8-21)17-19-14-4-3-13(18)11-15(14)27-17/h3-4,11H,5-10,12H2,1-2H3. The molecule has 1 aromatic heterocycles. The number of likely N-dealkylation sites (N-methyl/N-ethyl adjacent to an activating group) is 1. The minimum absolute atomic E-state index is 0.285. The van der Waals surface area contributed by atoms with Crippen LogP contribution in [0.25, 0.3) is 10.2 Å². The molecule has 0 spiro atoms. The first-order chi connectivity index (χ1) is 13.2. The van der Waals surface area contributed by atoms with Gasteiger partial charge in [0.15, 0.2) is 5.13 Å². The van der Waals surface area contributed by atoms with Crippen molar-refractivity contribution in [1.29, 1.82) is 0 Å². The van der Waals surface area contributed by atoms with E-state index in [0.717, 1.165) is 23.7 Å². The van der Waals surface area contributed by atoms with E-state index in [-0.39, 0.29) is 18.3 Å². The van der Waals surface area contributed by atoms with Crippen LogP contribution in [0.15, 0.2) is 18.2 Å². The predicted octanol–water partition coefficient (Wildman–Crippen LogP) is 0.992. The smallest absolute Gasteiger partial charge is 0.244 e. The molecule has 0 saturated carbocycles. The summed E-state index contributed by atoms with van der Waals surface area (Å²) >= 11 is 1.21. The van der Waals surface area contributed by atoms with Gasteiger partial charge in [0.25, 0.3) is 0 Å². The van der Waals surface area contributed by atoms with Crippen LogP contribution in [0.3, 0.4) is 0 Å². The number of carbonyl (C=O) groups excluding carboxylic acids is 1. The van der Waals surface area contributed by atoms with Crippen LogP contribution in [0.4, 0.5) is 9.52 Å². The molecule has 0 bridgehead atoms. The van der Waals surface area contributed by atoms with Gasteiger partial charge in [0.1, 0.15) is 5.82 Å². The number of nitrogens with zero attached hydrogens (tertiary/aromatic N) is 4. The lowest BCUT2D eigenvalue weighted by Crippen LogP contribution is -2.46. The summed E-state index contributed by atoms with van der Waals surface area (Å²) in [6.07, 6.45) is 1.05. The number of ether oxygens (including phenoxy) is 1. The zero-order valence-electron chi connectivity index (χ0n) is 15.8. The maximum absolute atomic E-state index is 13.5. The molecule has 1 fully saturated rings. The highest BCUT2D eigenvalue weighted by Gasteiger charge is 2.25. The number of amides is 1. The van der Waals surface area contributed by atoms with Crippen molar-refractivity contribution < 1.29 is 22.3 Å². The Bertz CT molecular complexity index is 944. The van der Waals surface area contributed by atoms with Crippen molar-refractivity contribution in [3.63, 3.8) is 0 Å². The van der Waals surface area contributed by atoms with Crippen LogP contribution in [-0.2, 0) is 19.6 Å². The van der Waals surface area contributed by atoms with Crippen LogP contribution >= 0.6 is 11.3 Å². The number of benzene rings is 1. The highest BCUT2D eigenvalue weighted by molar-refractivity contribution is 7.88. The second kappa shape index (κ2) is 8.78. The normalized spacial score (nSPS) is 16.0. The fourth-order valence-corrected chi connectivity index (χ4v) is 4.17. The van der Waals surface area contributed by atoms with E-state index in [1.54, 1.807) is 6.07 Å². The first-order valence-electron chi connectivity index (χ1n) is 8.82. The number of hydrogen-bond donors (Lipinski definition) is 0. The van der Waals surface area contributed by atoms with Crippen LogP contribution in [0.1, 0.15) is 0 Å². The molecule has 1 saturated heterocycles. The van der Waals surface area contributed by atoms with Crippen molar-refractivity contribution in [3.8, 4) is 0 Å². The number of thiazole rings is 1. The zero-order valence-corrected chi connectivity index (χ0v) is 17.4. The number of carbonyl (C=O) groups is 1. The molecule has 154 valence electrons.